The molecule has 2 heterocycles. The third-order valence-corrected chi connectivity index (χ3v) is 4.86. The van der Waals surface area contributed by atoms with Crippen molar-refractivity contribution >= 4 is 11.0 Å². The number of rotatable bonds is 3. The Morgan fingerprint density at radius 1 is 1.13 bits per heavy atom. The zero-order chi connectivity index (χ0) is 15.8. The average molecular weight is 306 g/mol. The van der Waals surface area contributed by atoms with Crippen LogP contribution in [0.25, 0.3) is 11.0 Å². The Hall–Kier alpha value is -2.17. The second kappa shape index (κ2) is 5.80. The van der Waals surface area contributed by atoms with Crippen molar-refractivity contribution in [3.63, 3.8) is 0 Å². The monoisotopic (exact) mass is 306 g/mol. The van der Waals surface area contributed by atoms with Crippen LogP contribution in [0.2, 0.25) is 0 Å². The van der Waals surface area contributed by atoms with Crippen molar-refractivity contribution in [3.05, 3.63) is 66.0 Å². The number of nitrogens with two attached hydrogens (primary N) is 1. The van der Waals surface area contributed by atoms with E-state index in [-0.39, 0.29) is 6.04 Å². The largest absolute Gasteiger partial charge is 0.334 e. The topological polar surface area (TPSA) is 47.1 Å². The van der Waals surface area contributed by atoms with Crippen LogP contribution in [0, 0.1) is 0 Å². The molecule has 2 aromatic carbocycles. The lowest BCUT2D eigenvalue weighted by Gasteiger charge is -2.16. The molecule has 0 aliphatic carbocycles. The van der Waals surface area contributed by atoms with Gasteiger partial charge in [0.05, 0.1) is 17.4 Å². The maximum atomic E-state index is 6.39. The van der Waals surface area contributed by atoms with E-state index >= 15 is 0 Å². The summed E-state index contributed by atoms with van der Waals surface area (Å²) in [6, 6.07) is 17.4. The summed E-state index contributed by atoms with van der Waals surface area (Å²) in [4.78, 5) is 6.90. The number of aromatic nitrogens is 2. The van der Waals surface area contributed by atoms with Gasteiger partial charge < -0.3 is 10.3 Å². The van der Waals surface area contributed by atoms with Crippen molar-refractivity contribution < 1.29 is 0 Å². The van der Waals surface area contributed by atoms with Crippen molar-refractivity contribution in [2.45, 2.75) is 18.5 Å². The van der Waals surface area contributed by atoms with E-state index in [2.05, 4.69) is 63.0 Å². The first-order valence-corrected chi connectivity index (χ1v) is 8.13. The molecular formula is C19H22N4. The lowest BCUT2D eigenvalue weighted by molar-refractivity contribution is 0.324. The van der Waals surface area contributed by atoms with Crippen LogP contribution in [0.3, 0.4) is 0 Å². The summed E-state index contributed by atoms with van der Waals surface area (Å²) >= 11 is 0. The van der Waals surface area contributed by atoms with Crippen LogP contribution >= 0.6 is 0 Å². The van der Waals surface area contributed by atoms with Gasteiger partial charge in [0.25, 0.3) is 0 Å². The molecule has 118 valence electrons. The van der Waals surface area contributed by atoms with Gasteiger partial charge in [-0.25, -0.2) is 4.98 Å². The molecule has 0 saturated carbocycles. The maximum absolute atomic E-state index is 6.39. The van der Waals surface area contributed by atoms with Gasteiger partial charge in [-0.3, -0.25) is 4.90 Å². The number of likely N-dealkylation sites (tertiary alicyclic amines) is 1. The molecule has 1 aliphatic rings. The number of hydrogen-bond donors (Lipinski definition) is 1. The third kappa shape index (κ3) is 2.76. The Bertz CT molecular complexity index is 809. The van der Waals surface area contributed by atoms with Crippen LogP contribution in [0.15, 0.2) is 54.9 Å². The predicted molar refractivity (Wildman–Crippen MR) is 93.1 cm³/mol. The van der Waals surface area contributed by atoms with Crippen LogP contribution in [0.4, 0.5) is 0 Å². The van der Waals surface area contributed by atoms with Gasteiger partial charge >= 0.3 is 0 Å². The lowest BCUT2D eigenvalue weighted by atomic mass is 9.95. The van der Waals surface area contributed by atoms with Crippen molar-refractivity contribution in [1.29, 1.82) is 0 Å². The minimum atomic E-state index is 0.205. The predicted octanol–water partition coefficient (Wildman–Crippen LogP) is 2.50. The van der Waals surface area contributed by atoms with E-state index in [1.807, 2.05) is 13.4 Å². The van der Waals surface area contributed by atoms with Crippen LogP contribution < -0.4 is 5.73 Å². The maximum Gasteiger partial charge on any atom is 0.0955 e. The summed E-state index contributed by atoms with van der Waals surface area (Å²) < 4.78 is 2.05. The average Bonchev–Trinajstić information content (AvgIpc) is 3.11. The molecule has 1 saturated heterocycles. The highest BCUT2D eigenvalue weighted by atomic mass is 15.2. The van der Waals surface area contributed by atoms with Crippen LogP contribution in [0.1, 0.15) is 17.0 Å². The van der Waals surface area contributed by atoms with Gasteiger partial charge in [-0.2, -0.15) is 0 Å². The molecule has 4 nitrogen and oxygen atoms in total. The molecule has 3 aromatic rings. The summed E-state index contributed by atoms with van der Waals surface area (Å²) in [5.74, 6) is 0.426. The second-order valence-corrected chi connectivity index (χ2v) is 6.55. The van der Waals surface area contributed by atoms with E-state index < -0.39 is 0 Å². The first-order chi connectivity index (χ1) is 11.2. The summed E-state index contributed by atoms with van der Waals surface area (Å²) in [7, 11) is 2.03. The van der Waals surface area contributed by atoms with Gasteiger partial charge in [-0.1, -0.05) is 36.4 Å². The van der Waals surface area contributed by atoms with E-state index in [0.717, 1.165) is 25.2 Å². The number of hydrogen-bond acceptors (Lipinski definition) is 3. The van der Waals surface area contributed by atoms with Gasteiger partial charge in [-0.15, -0.1) is 0 Å². The van der Waals surface area contributed by atoms with Gasteiger partial charge in [-0.05, 0) is 23.3 Å². The number of nitrogens with zero attached hydrogens (tertiary/aromatic N) is 3. The van der Waals surface area contributed by atoms with Crippen LogP contribution in [0.5, 0.6) is 0 Å². The Balaban J connectivity index is 1.50. The molecule has 4 heteroatoms. The molecule has 0 radical (unpaired) electrons. The van der Waals surface area contributed by atoms with Crippen LogP contribution in [-0.4, -0.2) is 33.6 Å². The highest BCUT2D eigenvalue weighted by Crippen LogP contribution is 2.27. The normalized spacial score (nSPS) is 22.0. The van der Waals surface area contributed by atoms with Gasteiger partial charge in [0.2, 0.25) is 0 Å². The van der Waals surface area contributed by atoms with Crippen molar-refractivity contribution in [3.8, 4) is 0 Å². The van der Waals surface area contributed by atoms with Crippen molar-refractivity contribution in [2.75, 3.05) is 13.1 Å². The minimum absolute atomic E-state index is 0.205. The molecular weight excluding hydrogens is 284 g/mol. The fourth-order valence-electron chi connectivity index (χ4n) is 3.63. The fraction of sp³-hybridized carbons (Fsp3) is 0.316. The van der Waals surface area contributed by atoms with E-state index in [4.69, 9.17) is 5.73 Å². The zero-order valence-electron chi connectivity index (χ0n) is 13.4. The molecule has 2 N–H and O–H groups in total. The van der Waals surface area contributed by atoms with Gasteiger partial charge in [0.1, 0.15) is 0 Å². The highest BCUT2D eigenvalue weighted by Gasteiger charge is 2.30. The summed E-state index contributed by atoms with van der Waals surface area (Å²) in [5.41, 5.74) is 11.3. The zero-order valence-corrected chi connectivity index (χ0v) is 13.4. The molecule has 0 bridgehead atoms. The van der Waals surface area contributed by atoms with E-state index in [1.54, 1.807) is 0 Å². The molecule has 0 unspecified atom stereocenters. The Morgan fingerprint density at radius 3 is 2.78 bits per heavy atom. The number of imidazole rings is 1. The third-order valence-electron chi connectivity index (χ3n) is 4.86. The van der Waals surface area contributed by atoms with E-state index in [0.29, 0.717) is 5.92 Å². The molecule has 0 amide bonds. The van der Waals surface area contributed by atoms with Gasteiger partial charge in [0.15, 0.2) is 0 Å². The Morgan fingerprint density at radius 2 is 1.96 bits per heavy atom. The lowest BCUT2D eigenvalue weighted by Crippen LogP contribution is -2.28. The summed E-state index contributed by atoms with van der Waals surface area (Å²) in [6.45, 7) is 2.90. The second-order valence-electron chi connectivity index (χ2n) is 6.55. The van der Waals surface area contributed by atoms with Crippen molar-refractivity contribution in [1.82, 2.24) is 14.5 Å². The Kier molecular flexibility index (Phi) is 3.63. The van der Waals surface area contributed by atoms with Crippen molar-refractivity contribution in [2.24, 2.45) is 12.8 Å². The van der Waals surface area contributed by atoms with Crippen LogP contribution in [-0.2, 0) is 13.6 Å². The summed E-state index contributed by atoms with van der Waals surface area (Å²) in [6.07, 6.45) is 1.87. The quantitative estimate of drug-likeness (QED) is 0.809. The number of aryl methyl sites for hydroxylation is 1. The molecule has 4 rings (SSSR count). The number of benzene rings is 2. The molecule has 23 heavy (non-hydrogen) atoms. The smallest absolute Gasteiger partial charge is 0.0955 e. The Labute approximate surface area is 136 Å². The number of fused-ring (bicyclic) bond motifs is 1. The molecule has 1 aliphatic heterocycles. The first kappa shape index (κ1) is 14.4. The molecule has 1 aromatic heterocycles. The summed E-state index contributed by atoms with van der Waals surface area (Å²) in [5, 5.41) is 0. The SMILES string of the molecule is Cn1cnc2cc(CN3C[C@@H](N)[C@H](c4ccccc4)C3)ccc21. The minimum Gasteiger partial charge on any atom is -0.334 e. The fourth-order valence-corrected chi connectivity index (χ4v) is 3.63. The molecule has 0 spiro atoms. The van der Waals surface area contributed by atoms with Gasteiger partial charge in [0, 0.05) is 38.6 Å². The molecule has 2 atom stereocenters. The first-order valence-electron chi connectivity index (χ1n) is 8.13. The van der Waals surface area contributed by atoms with E-state index in [9.17, 15) is 0 Å². The molecule has 1 fully saturated rings. The van der Waals surface area contributed by atoms with E-state index in [1.165, 1.54) is 16.6 Å². The highest BCUT2D eigenvalue weighted by molar-refractivity contribution is 5.75. The standard InChI is InChI=1S/C19H22N4/c1-22-13-21-18-9-14(7-8-19(18)22)10-23-11-16(17(20)12-23)15-5-3-2-4-6-15/h2-9,13,16-17H,10-12,20H2,1H3/t16-,17+/m0/s1.